The average molecular weight is 380 g/mol. The van der Waals surface area contributed by atoms with E-state index in [1.807, 2.05) is 0 Å². The van der Waals surface area contributed by atoms with Crippen molar-refractivity contribution >= 4 is 21.6 Å². The largest absolute Gasteiger partial charge is 0.323 e. The van der Waals surface area contributed by atoms with Gasteiger partial charge in [-0.3, -0.25) is 9.48 Å². The summed E-state index contributed by atoms with van der Waals surface area (Å²) in [5.41, 5.74) is 1.01. The van der Waals surface area contributed by atoms with E-state index in [9.17, 15) is 17.6 Å². The van der Waals surface area contributed by atoms with E-state index >= 15 is 0 Å². The molecular formula is C17H21FN4O3S. The molecule has 0 saturated carbocycles. The van der Waals surface area contributed by atoms with Gasteiger partial charge in [0.15, 0.2) is 0 Å². The smallest absolute Gasteiger partial charge is 0.228 e. The fourth-order valence-electron chi connectivity index (χ4n) is 3.02. The molecule has 1 N–H and O–H groups in total. The normalized spacial score (nSPS) is 18.6. The van der Waals surface area contributed by atoms with Crippen LogP contribution in [0.2, 0.25) is 0 Å². The molecule has 1 aliphatic heterocycles. The molecule has 1 atom stereocenters. The average Bonchev–Trinajstić information content (AvgIpc) is 3.03. The Morgan fingerprint density at radius 3 is 2.88 bits per heavy atom. The van der Waals surface area contributed by atoms with Crippen molar-refractivity contribution in [2.75, 3.05) is 24.7 Å². The lowest BCUT2D eigenvalue weighted by molar-refractivity contribution is -0.120. The van der Waals surface area contributed by atoms with Crippen molar-refractivity contribution in [2.45, 2.75) is 19.4 Å². The molecule has 1 amide bonds. The van der Waals surface area contributed by atoms with Crippen LogP contribution in [0.5, 0.6) is 0 Å². The molecule has 1 saturated heterocycles. The van der Waals surface area contributed by atoms with Crippen LogP contribution < -0.4 is 5.32 Å². The van der Waals surface area contributed by atoms with Gasteiger partial charge < -0.3 is 5.32 Å². The Bertz CT molecular complexity index is 897. The molecule has 1 aliphatic rings. The number of nitrogens with zero attached hydrogens (tertiary/aromatic N) is 3. The highest BCUT2D eigenvalue weighted by atomic mass is 32.2. The Balaban J connectivity index is 1.62. The van der Waals surface area contributed by atoms with Gasteiger partial charge in [-0.1, -0.05) is 18.2 Å². The van der Waals surface area contributed by atoms with E-state index in [1.54, 1.807) is 24.4 Å². The predicted molar refractivity (Wildman–Crippen MR) is 95.5 cm³/mol. The second-order valence-electron chi connectivity index (χ2n) is 6.47. The van der Waals surface area contributed by atoms with Gasteiger partial charge in [0.25, 0.3) is 0 Å². The first-order valence-electron chi connectivity index (χ1n) is 8.35. The Kier molecular flexibility index (Phi) is 5.38. The molecule has 1 aromatic carbocycles. The molecule has 0 bridgehead atoms. The zero-order valence-electron chi connectivity index (χ0n) is 14.4. The van der Waals surface area contributed by atoms with Gasteiger partial charge in [0.05, 0.1) is 30.6 Å². The number of halogens is 1. The first-order chi connectivity index (χ1) is 12.3. The van der Waals surface area contributed by atoms with Crippen LogP contribution in [0.4, 0.5) is 10.1 Å². The van der Waals surface area contributed by atoms with E-state index < -0.39 is 15.9 Å². The van der Waals surface area contributed by atoms with Crippen molar-refractivity contribution in [2.24, 2.45) is 5.92 Å². The minimum Gasteiger partial charge on any atom is -0.323 e. The minimum atomic E-state index is -3.30. The van der Waals surface area contributed by atoms with Crippen molar-refractivity contribution in [3.05, 3.63) is 48.0 Å². The molecular weight excluding hydrogens is 359 g/mol. The molecule has 2 aromatic rings. The van der Waals surface area contributed by atoms with Crippen molar-refractivity contribution in [3.63, 3.8) is 0 Å². The minimum absolute atomic E-state index is 0.189. The number of nitrogens with one attached hydrogen (secondary N) is 1. The number of carbonyl (C=O) groups excluding carboxylic acids is 1. The second-order valence-corrected chi connectivity index (χ2v) is 8.45. The van der Waals surface area contributed by atoms with Crippen LogP contribution in [-0.4, -0.2) is 47.8 Å². The number of sulfonamides is 1. The highest BCUT2D eigenvalue weighted by molar-refractivity contribution is 7.88. The molecule has 0 spiro atoms. The van der Waals surface area contributed by atoms with Gasteiger partial charge in [0, 0.05) is 24.8 Å². The van der Waals surface area contributed by atoms with Gasteiger partial charge in [0.1, 0.15) is 5.82 Å². The summed E-state index contributed by atoms with van der Waals surface area (Å²) in [6.07, 6.45) is 5.57. The van der Waals surface area contributed by atoms with Crippen molar-refractivity contribution < 1.29 is 17.6 Å². The van der Waals surface area contributed by atoms with Crippen LogP contribution in [0.25, 0.3) is 0 Å². The molecule has 3 rings (SSSR count). The SMILES string of the molecule is CS(=O)(=O)N1CCC[C@H](C(=O)Nc2cnn(Cc3ccccc3F)c2)C1. The van der Waals surface area contributed by atoms with Gasteiger partial charge in [-0.15, -0.1) is 0 Å². The summed E-state index contributed by atoms with van der Waals surface area (Å²) in [6.45, 7) is 0.894. The van der Waals surface area contributed by atoms with Crippen LogP contribution in [0.1, 0.15) is 18.4 Å². The van der Waals surface area contributed by atoms with Crippen LogP contribution in [-0.2, 0) is 21.4 Å². The lowest BCUT2D eigenvalue weighted by Crippen LogP contribution is -2.43. The first-order valence-corrected chi connectivity index (χ1v) is 10.2. The third-order valence-electron chi connectivity index (χ3n) is 4.41. The number of rotatable bonds is 5. The topological polar surface area (TPSA) is 84.3 Å². The van der Waals surface area contributed by atoms with Gasteiger partial charge in [-0.2, -0.15) is 5.10 Å². The number of benzene rings is 1. The van der Waals surface area contributed by atoms with Gasteiger partial charge >= 0.3 is 0 Å². The van der Waals surface area contributed by atoms with E-state index in [2.05, 4.69) is 10.4 Å². The van der Waals surface area contributed by atoms with E-state index in [-0.39, 0.29) is 24.8 Å². The maximum atomic E-state index is 13.7. The number of anilines is 1. The number of piperidine rings is 1. The molecule has 1 aromatic heterocycles. The fourth-order valence-corrected chi connectivity index (χ4v) is 3.93. The highest BCUT2D eigenvalue weighted by Crippen LogP contribution is 2.20. The molecule has 9 heteroatoms. The van der Waals surface area contributed by atoms with E-state index in [1.165, 1.54) is 21.3 Å². The number of hydrogen-bond acceptors (Lipinski definition) is 4. The van der Waals surface area contributed by atoms with Crippen LogP contribution >= 0.6 is 0 Å². The molecule has 0 unspecified atom stereocenters. The third-order valence-corrected chi connectivity index (χ3v) is 5.68. The van der Waals surface area contributed by atoms with Crippen molar-refractivity contribution in [1.29, 1.82) is 0 Å². The molecule has 0 aliphatic carbocycles. The molecule has 140 valence electrons. The van der Waals surface area contributed by atoms with Gasteiger partial charge in [0.2, 0.25) is 15.9 Å². The predicted octanol–water partition coefficient (Wildman–Crippen LogP) is 1.68. The Hall–Kier alpha value is -2.26. The van der Waals surface area contributed by atoms with E-state index in [4.69, 9.17) is 0 Å². The number of hydrogen-bond donors (Lipinski definition) is 1. The Labute approximate surface area is 151 Å². The molecule has 7 nitrogen and oxygen atoms in total. The summed E-state index contributed by atoms with van der Waals surface area (Å²) in [6, 6.07) is 6.44. The summed E-state index contributed by atoms with van der Waals surface area (Å²) < 4.78 is 39.9. The van der Waals surface area contributed by atoms with Gasteiger partial charge in [-0.25, -0.2) is 17.1 Å². The Morgan fingerprint density at radius 2 is 2.15 bits per heavy atom. The quantitative estimate of drug-likeness (QED) is 0.855. The van der Waals surface area contributed by atoms with Gasteiger partial charge in [-0.05, 0) is 18.9 Å². The molecule has 0 radical (unpaired) electrons. The van der Waals surface area contributed by atoms with Crippen molar-refractivity contribution in [3.8, 4) is 0 Å². The number of carbonyl (C=O) groups is 1. The summed E-state index contributed by atoms with van der Waals surface area (Å²) in [5, 5.41) is 6.90. The number of aromatic nitrogens is 2. The maximum Gasteiger partial charge on any atom is 0.228 e. The lowest BCUT2D eigenvalue weighted by atomic mass is 9.99. The third kappa shape index (κ3) is 4.47. The van der Waals surface area contributed by atoms with E-state index in [0.29, 0.717) is 30.6 Å². The molecule has 2 heterocycles. The number of amides is 1. The summed E-state index contributed by atoms with van der Waals surface area (Å²) in [5.74, 6) is -0.936. The van der Waals surface area contributed by atoms with Crippen molar-refractivity contribution in [1.82, 2.24) is 14.1 Å². The van der Waals surface area contributed by atoms with Crippen LogP contribution in [0.15, 0.2) is 36.7 Å². The monoisotopic (exact) mass is 380 g/mol. The Morgan fingerprint density at radius 1 is 1.38 bits per heavy atom. The zero-order valence-corrected chi connectivity index (χ0v) is 15.2. The summed E-state index contributed by atoms with van der Waals surface area (Å²) >= 11 is 0. The van der Waals surface area contributed by atoms with Crippen LogP contribution in [0.3, 0.4) is 0 Å². The summed E-state index contributed by atoms with van der Waals surface area (Å²) in [4.78, 5) is 12.4. The van der Waals surface area contributed by atoms with E-state index in [0.717, 1.165) is 6.26 Å². The maximum absolute atomic E-state index is 13.7. The fraction of sp³-hybridized carbons (Fsp3) is 0.412. The first kappa shape index (κ1) is 18.5. The molecule has 26 heavy (non-hydrogen) atoms. The second kappa shape index (κ2) is 7.55. The highest BCUT2D eigenvalue weighted by Gasteiger charge is 2.30. The molecule has 1 fully saturated rings. The summed E-state index contributed by atoms with van der Waals surface area (Å²) in [7, 11) is -3.30. The lowest BCUT2D eigenvalue weighted by Gasteiger charge is -2.29. The standard InChI is InChI=1S/C17H21FN4O3S/c1-26(24,25)22-8-4-6-14(11-22)17(23)20-15-9-19-21(12-15)10-13-5-2-3-7-16(13)18/h2-3,5,7,9,12,14H,4,6,8,10-11H2,1H3,(H,20,23)/t14-/m0/s1. The van der Waals surface area contributed by atoms with Crippen LogP contribution in [0, 0.1) is 11.7 Å². The zero-order chi connectivity index (χ0) is 18.7.